The summed E-state index contributed by atoms with van der Waals surface area (Å²) >= 11 is 7.11. The van der Waals surface area contributed by atoms with Gasteiger partial charge < -0.3 is 9.40 Å². The molecule has 0 radical (unpaired) electrons. The predicted octanol–water partition coefficient (Wildman–Crippen LogP) is 2.27. The van der Waals surface area contributed by atoms with Crippen LogP contribution in [0.1, 0.15) is 10.5 Å². The van der Waals surface area contributed by atoms with Crippen LogP contribution in [0.3, 0.4) is 0 Å². The van der Waals surface area contributed by atoms with Crippen molar-refractivity contribution in [2.24, 2.45) is 0 Å². The van der Waals surface area contributed by atoms with E-state index >= 15 is 0 Å². The van der Waals surface area contributed by atoms with Gasteiger partial charge in [-0.1, -0.05) is 35.5 Å². The summed E-state index contributed by atoms with van der Waals surface area (Å²) in [7, 11) is 0. The topological polar surface area (TPSA) is 113 Å². The number of halogens is 1. The lowest BCUT2D eigenvalue weighted by Crippen LogP contribution is -2.42. The zero-order chi connectivity index (χ0) is 17.6. The number of hydrogen-bond acceptors (Lipinski definition) is 6. The fourth-order valence-electron chi connectivity index (χ4n) is 1.84. The normalized spacial score (nSPS) is 10.4. The number of benzene rings is 1. The highest BCUT2D eigenvalue weighted by molar-refractivity contribution is 7.99. The SMILES string of the molecule is O=C(CSc1nnc(-c2ccccc2Cl)o1)NNC(=O)c1ccc[nH]1. The highest BCUT2D eigenvalue weighted by atomic mass is 35.5. The molecule has 0 saturated carbocycles. The Kier molecular flexibility index (Phi) is 5.36. The summed E-state index contributed by atoms with van der Waals surface area (Å²) < 4.78 is 5.47. The van der Waals surface area contributed by atoms with Crippen LogP contribution in [-0.4, -0.2) is 32.7 Å². The molecule has 25 heavy (non-hydrogen) atoms. The number of aromatic nitrogens is 3. The minimum atomic E-state index is -0.442. The van der Waals surface area contributed by atoms with Crippen LogP contribution in [0.4, 0.5) is 0 Å². The number of hydrazine groups is 1. The van der Waals surface area contributed by atoms with Crippen LogP contribution in [0.2, 0.25) is 5.02 Å². The quantitative estimate of drug-likeness (QED) is 0.464. The summed E-state index contributed by atoms with van der Waals surface area (Å²) in [5.74, 6) is -0.590. The molecule has 0 bridgehead atoms. The highest BCUT2D eigenvalue weighted by Gasteiger charge is 2.14. The Hall–Kier alpha value is -2.78. The van der Waals surface area contributed by atoms with Crippen molar-refractivity contribution >= 4 is 35.2 Å². The van der Waals surface area contributed by atoms with Crippen LogP contribution in [0.15, 0.2) is 52.2 Å². The first-order valence-electron chi connectivity index (χ1n) is 7.07. The van der Waals surface area contributed by atoms with Gasteiger partial charge in [-0.3, -0.25) is 20.4 Å². The van der Waals surface area contributed by atoms with E-state index in [1.165, 1.54) is 0 Å². The molecule has 0 unspecified atom stereocenters. The molecule has 3 N–H and O–H groups in total. The maximum Gasteiger partial charge on any atom is 0.286 e. The van der Waals surface area contributed by atoms with Gasteiger partial charge in [0.05, 0.1) is 16.3 Å². The Labute approximate surface area is 151 Å². The number of amides is 2. The van der Waals surface area contributed by atoms with Gasteiger partial charge in [0.25, 0.3) is 11.1 Å². The van der Waals surface area contributed by atoms with Crippen molar-refractivity contribution in [3.05, 3.63) is 53.3 Å². The zero-order valence-electron chi connectivity index (χ0n) is 12.7. The van der Waals surface area contributed by atoms with Gasteiger partial charge in [-0.2, -0.15) is 0 Å². The summed E-state index contributed by atoms with van der Waals surface area (Å²) in [4.78, 5) is 26.1. The molecule has 0 fully saturated rings. The average molecular weight is 378 g/mol. The smallest absolute Gasteiger partial charge is 0.286 e. The van der Waals surface area contributed by atoms with Crippen molar-refractivity contribution in [1.82, 2.24) is 26.0 Å². The molecule has 2 amide bonds. The Balaban J connectivity index is 1.50. The van der Waals surface area contributed by atoms with Crippen LogP contribution in [0, 0.1) is 0 Å². The lowest BCUT2D eigenvalue weighted by molar-refractivity contribution is -0.119. The van der Waals surface area contributed by atoms with Crippen LogP contribution >= 0.6 is 23.4 Å². The van der Waals surface area contributed by atoms with Crippen LogP contribution in [0.5, 0.6) is 0 Å². The summed E-state index contributed by atoms with van der Waals surface area (Å²) in [6, 6.07) is 10.3. The molecule has 10 heteroatoms. The third-order valence-electron chi connectivity index (χ3n) is 3.00. The van der Waals surface area contributed by atoms with Gasteiger partial charge in [0.1, 0.15) is 5.69 Å². The van der Waals surface area contributed by atoms with E-state index in [2.05, 4.69) is 26.0 Å². The number of nitrogens with zero attached hydrogens (tertiary/aromatic N) is 2. The Morgan fingerprint density at radius 1 is 1.16 bits per heavy atom. The second kappa shape index (κ2) is 7.86. The standard InChI is InChI=1S/C15H12ClN5O3S/c16-10-5-2-1-4-9(10)14-20-21-15(24-14)25-8-12(22)18-19-13(23)11-6-3-7-17-11/h1-7,17H,8H2,(H,18,22)(H,19,23). The van der Waals surface area contributed by atoms with E-state index in [1.54, 1.807) is 42.6 Å². The summed E-state index contributed by atoms with van der Waals surface area (Å²) in [5, 5.41) is 8.48. The molecule has 0 aliphatic heterocycles. The van der Waals surface area contributed by atoms with Crippen molar-refractivity contribution in [1.29, 1.82) is 0 Å². The predicted molar refractivity (Wildman–Crippen MR) is 91.9 cm³/mol. The van der Waals surface area contributed by atoms with Gasteiger partial charge in [-0.05, 0) is 24.3 Å². The third kappa shape index (κ3) is 4.40. The minimum absolute atomic E-state index is 0.00480. The van der Waals surface area contributed by atoms with Crippen LogP contribution in [0.25, 0.3) is 11.5 Å². The number of hydrogen-bond donors (Lipinski definition) is 3. The van der Waals surface area contributed by atoms with Crippen molar-refractivity contribution in [3.8, 4) is 11.5 Å². The van der Waals surface area contributed by atoms with E-state index < -0.39 is 11.8 Å². The number of carbonyl (C=O) groups is 2. The number of carbonyl (C=O) groups excluding carboxylic acids is 2. The number of aromatic amines is 1. The molecule has 1 aromatic carbocycles. The number of nitrogens with one attached hydrogen (secondary N) is 3. The molecule has 8 nitrogen and oxygen atoms in total. The van der Waals surface area contributed by atoms with Crippen LogP contribution in [-0.2, 0) is 4.79 Å². The Morgan fingerprint density at radius 3 is 2.76 bits per heavy atom. The van der Waals surface area contributed by atoms with Crippen LogP contribution < -0.4 is 10.9 Å². The molecular formula is C15H12ClN5O3S. The van der Waals surface area contributed by atoms with Gasteiger partial charge >= 0.3 is 0 Å². The second-order valence-electron chi connectivity index (χ2n) is 4.73. The van der Waals surface area contributed by atoms with Gasteiger partial charge in [-0.15, -0.1) is 10.2 Å². The van der Waals surface area contributed by atoms with E-state index in [1.807, 2.05) is 0 Å². The molecule has 0 saturated heterocycles. The van der Waals surface area contributed by atoms with E-state index in [4.69, 9.17) is 16.0 Å². The molecule has 128 valence electrons. The lowest BCUT2D eigenvalue weighted by atomic mass is 10.2. The number of rotatable bonds is 5. The lowest BCUT2D eigenvalue weighted by Gasteiger charge is -2.04. The summed E-state index contributed by atoms with van der Waals surface area (Å²) in [6.45, 7) is 0. The fraction of sp³-hybridized carbons (Fsp3) is 0.0667. The maximum atomic E-state index is 11.8. The average Bonchev–Trinajstić information content (AvgIpc) is 3.30. The molecule has 0 spiro atoms. The van der Waals surface area contributed by atoms with E-state index in [0.717, 1.165) is 11.8 Å². The first-order chi connectivity index (χ1) is 12.1. The number of H-pyrrole nitrogens is 1. The van der Waals surface area contributed by atoms with Gasteiger partial charge in [0, 0.05) is 6.20 Å². The second-order valence-corrected chi connectivity index (χ2v) is 6.06. The molecular weight excluding hydrogens is 366 g/mol. The van der Waals surface area contributed by atoms with Gasteiger partial charge in [0.15, 0.2) is 0 Å². The molecule has 0 aliphatic rings. The first-order valence-corrected chi connectivity index (χ1v) is 8.43. The highest BCUT2D eigenvalue weighted by Crippen LogP contribution is 2.28. The molecule has 2 aromatic heterocycles. The van der Waals surface area contributed by atoms with Crippen molar-refractivity contribution < 1.29 is 14.0 Å². The fourth-order valence-corrected chi connectivity index (χ4v) is 2.62. The summed E-state index contributed by atoms with van der Waals surface area (Å²) in [6.07, 6.45) is 1.61. The Bertz CT molecular complexity index is 881. The van der Waals surface area contributed by atoms with E-state index in [9.17, 15) is 9.59 Å². The molecule has 3 rings (SSSR count). The Morgan fingerprint density at radius 2 is 2.00 bits per heavy atom. The zero-order valence-corrected chi connectivity index (χ0v) is 14.2. The van der Waals surface area contributed by atoms with Crippen molar-refractivity contribution in [2.45, 2.75) is 5.22 Å². The van der Waals surface area contributed by atoms with Gasteiger partial charge in [-0.25, -0.2) is 0 Å². The molecule has 0 aliphatic carbocycles. The number of thioether (sulfide) groups is 1. The van der Waals surface area contributed by atoms with Crippen molar-refractivity contribution in [3.63, 3.8) is 0 Å². The molecule has 0 atom stereocenters. The summed E-state index contributed by atoms with van der Waals surface area (Å²) in [5.41, 5.74) is 5.55. The largest absolute Gasteiger partial charge is 0.411 e. The van der Waals surface area contributed by atoms with E-state index in [0.29, 0.717) is 16.3 Å². The van der Waals surface area contributed by atoms with Gasteiger partial charge in [0.2, 0.25) is 11.8 Å². The third-order valence-corrected chi connectivity index (χ3v) is 4.14. The molecule has 2 heterocycles. The van der Waals surface area contributed by atoms with Crippen molar-refractivity contribution in [2.75, 3.05) is 5.75 Å². The minimum Gasteiger partial charge on any atom is -0.411 e. The van der Waals surface area contributed by atoms with E-state index in [-0.39, 0.29) is 16.9 Å². The molecule has 3 aromatic rings. The maximum absolute atomic E-state index is 11.8. The monoisotopic (exact) mass is 377 g/mol. The first kappa shape index (κ1) is 17.1.